The number of aromatic nitrogens is 4. The van der Waals surface area contributed by atoms with E-state index in [1.807, 2.05) is 37.3 Å². The number of aryl methyl sites for hydroxylation is 1. The van der Waals surface area contributed by atoms with E-state index in [1.165, 1.54) is 6.33 Å². The molecule has 2 aromatic carbocycles. The summed E-state index contributed by atoms with van der Waals surface area (Å²) in [6.45, 7) is 2.80. The van der Waals surface area contributed by atoms with Gasteiger partial charge in [0.2, 0.25) is 12.4 Å². The Morgan fingerprint density at radius 1 is 1.03 bits per heavy atom. The van der Waals surface area contributed by atoms with E-state index in [4.69, 9.17) is 4.74 Å². The third kappa shape index (κ3) is 4.67. The monoisotopic (exact) mass is 400 g/mol. The fourth-order valence-corrected chi connectivity index (χ4v) is 3.00. The average Bonchev–Trinajstić information content (AvgIpc) is 2.77. The highest BCUT2D eigenvalue weighted by molar-refractivity contribution is 5.80. The molecule has 0 aliphatic carbocycles. The van der Waals surface area contributed by atoms with Crippen LogP contribution in [-0.2, 0) is 4.79 Å². The molecule has 1 amide bonds. The highest BCUT2D eigenvalue weighted by Gasteiger charge is 2.08. The fraction of sp³-hybridized carbons (Fsp3) is 0.136. The molecule has 0 spiro atoms. The van der Waals surface area contributed by atoms with Crippen molar-refractivity contribution >= 4 is 28.9 Å². The molecule has 150 valence electrons. The maximum Gasteiger partial charge on any atom is 0.227 e. The lowest BCUT2D eigenvalue weighted by Gasteiger charge is -2.12. The SMILES string of the molecule is Cc1ccc2nc(Nc3cc(OCCNC=O)cc(-c4cncnc4)c3)ncc2c1. The highest BCUT2D eigenvalue weighted by Crippen LogP contribution is 2.29. The van der Waals surface area contributed by atoms with Gasteiger partial charge in [0.05, 0.1) is 12.1 Å². The molecular weight excluding hydrogens is 380 g/mol. The Bertz CT molecular complexity index is 1170. The van der Waals surface area contributed by atoms with E-state index in [0.717, 1.165) is 33.3 Å². The first-order valence-corrected chi connectivity index (χ1v) is 9.42. The van der Waals surface area contributed by atoms with Crippen LogP contribution in [0.25, 0.3) is 22.0 Å². The summed E-state index contributed by atoms with van der Waals surface area (Å²) in [5, 5.41) is 6.82. The second-order valence-electron chi connectivity index (χ2n) is 6.67. The quantitative estimate of drug-likeness (QED) is 0.346. The Hall–Kier alpha value is -4.07. The third-order valence-corrected chi connectivity index (χ3v) is 4.39. The Balaban J connectivity index is 1.63. The van der Waals surface area contributed by atoms with Crippen LogP contribution in [0.4, 0.5) is 11.6 Å². The Labute approximate surface area is 173 Å². The Morgan fingerprint density at radius 2 is 1.90 bits per heavy atom. The summed E-state index contributed by atoms with van der Waals surface area (Å²) in [6, 6.07) is 11.8. The molecule has 30 heavy (non-hydrogen) atoms. The zero-order chi connectivity index (χ0) is 20.8. The van der Waals surface area contributed by atoms with E-state index in [1.54, 1.807) is 18.6 Å². The first-order valence-electron chi connectivity index (χ1n) is 9.42. The van der Waals surface area contributed by atoms with Gasteiger partial charge >= 0.3 is 0 Å². The molecule has 0 fully saturated rings. The standard InChI is InChI=1S/C22H20N6O2/c1-15-2-3-21-17(6-15)12-26-22(28-21)27-19-7-16(18-10-24-13-25-11-18)8-20(9-19)30-5-4-23-14-29/h2-3,6-14H,4-5H2,1H3,(H,23,29)(H,26,27,28). The molecule has 8 nitrogen and oxygen atoms in total. The number of nitrogens with one attached hydrogen (secondary N) is 2. The fourth-order valence-electron chi connectivity index (χ4n) is 3.00. The van der Waals surface area contributed by atoms with Gasteiger partial charge in [-0.15, -0.1) is 0 Å². The maximum absolute atomic E-state index is 10.4. The van der Waals surface area contributed by atoms with Gasteiger partial charge in [0.15, 0.2) is 0 Å². The van der Waals surface area contributed by atoms with Gasteiger partial charge in [-0.2, -0.15) is 0 Å². The Kier molecular flexibility index (Phi) is 5.75. The summed E-state index contributed by atoms with van der Waals surface area (Å²) in [6.07, 6.45) is 7.40. The number of ether oxygens (including phenoxy) is 1. The first kappa shape index (κ1) is 19.3. The summed E-state index contributed by atoms with van der Waals surface area (Å²) in [4.78, 5) is 27.6. The van der Waals surface area contributed by atoms with E-state index in [0.29, 0.717) is 31.3 Å². The predicted octanol–water partition coefficient (Wildman–Crippen LogP) is 3.26. The van der Waals surface area contributed by atoms with E-state index >= 15 is 0 Å². The number of hydrogen-bond donors (Lipinski definition) is 2. The van der Waals surface area contributed by atoms with Gasteiger partial charge in [-0.05, 0) is 36.8 Å². The largest absolute Gasteiger partial charge is 0.492 e. The van der Waals surface area contributed by atoms with Crippen LogP contribution in [0.2, 0.25) is 0 Å². The van der Waals surface area contributed by atoms with E-state index in [9.17, 15) is 4.79 Å². The minimum Gasteiger partial charge on any atom is -0.492 e. The molecule has 2 N–H and O–H groups in total. The van der Waals surface area contributed by atoms with Crippen LogP contribution in [0, 0.1) is 6.92 Å². The molecule has 8 heteroatoms. The summed E-state index contributed by atoms with van der Waals surface area (Å²) in [5.41, 5.74) is 4.53. The number of amides is 1. The predicted molar refractivity (Wildman–Crippen MR) is 115 cm³/mol. The smallest absolute Gasteiger partial charge is 0.227 e. The van der Waals surface area contributed by atoms with Gasteiger partial charge in [-0.25, -0.2) is 19.9 Å². The summed E-state index contributed by atoms with van der Waals surface area (Å²) in [5.74, 6) is 1.13. The van der Waals surface area contributed by atoms with Gasteiger partial charge in [-0.1, -0.05) is 11.6 Å². The molecule has 0 bridgehead atoms. The molecule has 2 heterocycles. The summed E-state index contributed by atoms with van der Waals surface area (Å²) in [7, 11) is 0. The van der Waals surface area contributed by atoms with Gasteiger partial charge in [0, 0.05) is 41.3 Å². The molecule has 0 saturated heterocycles. The van der Waals surface area contributed by atoms with Crippen molar-refractivity contribution in [3.63, 3.8) is 0 Å². The summed E-state index contributed by atoms with van der Waals surface area (Å²) >= 11 is 0. The number of benzene rings is 2. The van der Waals surface area contributed by atoms with Crippen LogP contribution in [0.5, 0.6) is 5.75 Å². The lowest BCUT2D eigenvalue weighted by atomic mass is 10.1. The van der Waals surface area contributed by atoms with Crippen molar-refractivity contribution in [1.82, 2.24) is 25.3 Å². The Morgan fingerprint density at radius 3 is 2.73 bits per heavy atom. The van der Waals surface area contributed by atoms with Crippen LogP contribution < -0.4 is 15.4 Å². The number of carbonyl (C=O) groups excluding carboxylic acids is 1. The van der Waals surface area contributed by atoms with E-state index in [2.05, 4.69) is 36.6 Å². The average molecular weight is 400 g/mol. The maximum atomic E-state index is 10.4. The number of nitrogens with zero attached hydrogens (tertiary/aromatic N) is 4. The molecule has 0 saturated carbocycles. The normalized spacial score (nSPS) is 10.6. The highest BCUT2D eigenvalue weighted by atomic mass is 16.5. The number of fused-ring (bicyclic) bond motifs is 1. The topological polar surface area (TPSA) is 102 Å². The molecule has 0 aliphatic heterocycles. The molecule has 4 aromatic rings. The molecule has 0 radical (unpaired) electrons. The van der Waals surface area contributed by atoms with Gasteiger partial charge < -0.3 is 15.4 Å². The lowest BCUT2D eigenvalue weighted by molar-refractivity contribution is -0.109. The van der Waals surface area contributed by atoms with Crippen LogP contribution in [0.1, 0.15) is 5.56 Å². The first-order chi connectivity index (χ1) is 14.7. The van der Waals surface area contributed by atoms with Crippen LogP contribution in [0.15, 0.2) is 61.3 Å². The molecule has 0 aliphatic rings. The number of anilines is 2. The zero-order valence-electron chi connectivity index (χ0n) is 16.4. The van der Waals surface area contributed by atoms with Gasteiger partial charge in [0.25, 0.3) is 0 Å². The third-order valence-electron chi connectivity index (χ3n) is 4.39. The van der Waals surface area contributed by atoms with Gasteiger partial charge in [-0.3, -0.25) is 4.79 Å². The minimum atomic E-state index is 0.346. The number of carbonyl (C=O) groups is 1. The zero-order valence-corrected chi connectivity index (χ0v) is 16.4. The minimum absolute atomic E-state index is 0.346. The van der Waals surface area contributed by atoms with Crippen molar-refractivity contribution < 1.29 is 9.53 Å². The molecule has 0 atom stereocenters. The van der Waals surface area contributed by atoms with Crippen molar-refractivity contribution in [2.24, 2.45) is 0 Å². The number of rotatable bonds is 8. The van der Waals surface area contributed by atoms with Crippen molar-refractivity contribution in [3.05, 3.63) is 66.9 Å². The molecule has 0 unspecified atom stereocenters. The number of hydrogen-bond acceptors (Lipinski definition) is 7. The van der Waals surface area contributed by atoms with E-state index in [-0.39, 0.29) is 0 Å². The van der Waals surface area contributed by atoms with Crippen molar-refractivity contribution in [1.29, 1.82) is 0 Å². The second-order valence-corrected chi connectivity index (χ2v) is 6.67. The van der Waals surface area contributed by atoms with Gasteiger partial charge in [0.1, 0.15) is 18.7 Å². The van der Waals surface area contributed by atoms with Crippen LogP contribution >= 0.6 is 0 Å². The van der Waals surface area contributed by atoms with Crippen molar-refractivity contribution in [3.8, 4) is 16.9 Å². The molecule has 2 aromatic heterocycles. The second kappa shape index (κ2) is 8.95. The van der Waals surface area contributed by atoms with Crippen molar-refractivity contribution in [2.45, 2.75) is 6.92 Å². The van der Waals surface area contributed by atoms with Crippen LogP contribution in [-0.4, -0.2) is 39.5 Å². The van der Waals surface area contributed by atoms with Crippen LogP contribution in [0.3, 0.4) is 0 Å². The molecule has 4 rings (SSSR count). The van der Waals surface area contributed by atoms with Crippen molar-refractivity contribution in [2.75, 3.05) is 18.5 Å². The van der Waals surface area contributed by atoms with E-state index < -0.39 is 0 Å². The molecular formula is C22H20N6O2. The summed E-state index contributed by atoms with van der Waals surface area (Å²) < 4.78 is 5.79. The lowest BCUT2D eigenvalue weighted by Crippen LogP contribution is -2.19.